The van der Waals surface area contributed by atoms with Crippen molar-refractivity contribution in [3.05, 3.63) is 99.2 Å². The standard InChI is InChI=1S/C30H31N3O3/c1-20-16-21(2)29-26(17-20)27(34)18-28(36-29)23-6-8-24(9-7-23)30(35)31-25-10-4-22(5-11-25)19-33-14-12-32(3)13-15-33/h4-11,16-18H,12-15,19H2,1-3H3,(H,31,35). The molecule has 4 aromatic rings. The van der Waals surface area contributed by atoms with Gasteiger partial charge in [-0.25, -0.2) is 0 Å². The molecule has 2 heterocycles. The number of carbonyl (C=O) groups excluding carboxylic acids is 1. The number of amides is 1. The SMILES string of the molecule is Cc1cc(C)c2oc(-c3ccc(C(=O)Nc4ccc(CN5CCN(C)CC5)cc4)cc3)cc(=O)c2c1. The fourth-order valence-corrected chi connectivity index (χ4v) is 4.70. The smallest absolute Gasteiger partial charge is 0.255 e. The highest BCUT2D eigenvalue weighted by Gasteiger charge is 2.14. The number of aryl methyl sites for hydroxylation is 2. The van der Waals surface area contributed by atoms with Gasteiger partial charge < -0.3 is 14.6 Å². The van der Waals surface area contributed by atoms with E-state index in [0.29, 0.717) is 22.3 Å². The highest BCUT2D eigenvalue weighted by Crippen LogP contribution is 2.25. The number of anilines is 1. The molecule has 36 heavy (non-hydrogen) atoms. The first kappa shape index (κ1) is 24.0. The van der Waals surface area contributed by atoms with Crippen LogP contribution >= 0.6 is 0 Å². The minimum absolute atomic E-state index is 0.0732. The molecule has 1 aliphatic rings. The lowest BCUT2D eigenvalue weighted by Crippen LogP contribution is -2.43. The molecule has 6 nitrogen and oxygen atoms in total. The monoisotopic (exact) mass is 481 g/mol. The Hall–Kier alpha value is -3.74. The fraction of sp³-hybridized carbons (Fsp3) is 0.267. The van der Waals surface area contributed by atoms with Crippen LogP contribution in [0.4, 0.5) is 5.69 Å². The van der Waals surface area contributed by atoms with E-state index in [4.69, 9.17) is 4.42 Å². The number of hydrogen-bond acceptors (Lipinski definition) is 5. The Kier molecular flexibility index (Phi) is 6.72. The molecule has 1 amide bonds. The Bertz CT molecular complexity index is 1450. The van der Waals surface area contributed by atoms with Gasteiger partial charge in [-0.05, 0) is 67.9 Å². The fourth-order valence-electron chi connectivity index (χ4n) is 4.70. The largest absolute Gasteiger partial charge is 0.456 e. The summed E-state index contributed by atoms with van der Waals surface area (Å²) in [6.07, 6.45) is 0. The van der Waals surface area contributed by atoms with Crippen LogP contribution in [0.5, 0.6) is 0 Å². The van der Waals surface area contributed by atoms with Crippen molar-refractivity contribution in [2.24, 2.45) is 0 Å². The van der Waals surface area contributed by atoms with Crippen LogP contribution in [0.3, 0.4) is 0 Å². The maximum absolute atomic E-state index is 12.8. The van der Waals surface area contributed by atoms with Crippen molar-refractivity contribution >= 4 is 22.6 Å². The van der Waals surface area contributed by atoms with E-state index in [1.807, 2.05) is 50.2 Å². The van der Waals surface area contributed by atoms with Gasteiger partial charge in [-0.15, -0.1) is 0 Å². The molecule has 0 bridgehead atoms. The second kappa shape index (κ2) is 10.1. The lowest BCUT2D eigenvalue weighted by molar-refractivity contribution is 0.102. The molecule has 1 saturated heterocycles. The topological polar surface area (TPSA) is 65.8 Å². The molecule has 1 aliphatic heterocycles. The molecule has 6 heteroatoms. The number of nitrogens with one attached hydrogen (secondary N) is 1. The van der Waals surface area contributed by atoms with Crippen LogP contribution < -0.4 is 10.7 Å². The summed E-state index contributed by atoms with van der Waals surface area (Å²) in [6, 6.07) is 20.5. The quantitative estimate of drug-likeness (QED) is 0.431. The first-order valence-electron chi connectivity index (χ1n) is 12.3. The maximum Gasteiger partial charge on any atom is 0.255 e. The van der Waals surface area contributed by atoms with E-state index in [1.165, 1.54) is 11.6 Å². The first-order valence-corrected chi connectivity index (χ1v) is 12.3. The number of hydrogen-bond donors (Lipinski definition) is 1. The number of nitrogens with zero attached hydrogens (tertiary/aromatic N) is 2. The van der Waals surface area contributed by atoms with Crippen LogP contribution in [-0.2, 0) is 6.54 Å². The van der Waals surface area contributed by atoms with Crippen molar-refractivity contribution in [2.75, 3.05) is 38.5 Å². The predicted octanol–water partition coefficient (Wildman–Crippen LogP) is 5.08. The second-order valence-corrected chi connectivity index (χ2v) is 9.74. The van der Waals surface area contributed by atoms with E-state index in [0.717, 1.165) is 55.1 Å². The normalized spacial score (nSPS) is 14.8. The van der Waals surface area contributed by atoms with Gasteiger partial charge in [0.25, 0.3) is 5.91 Å². The van der Waals surface area contributed by atoms with Crippen molar-refractivity contribution < 1.29 is 9.21 Å². The maximum atomic E-state index is 12.8. The van der Waals surface area contributed by atoms with E-state index in [9.17, 15) is 9.59 Å². The molecule has 0 radical (unpaired) electrons. The van der Waals surface area contributed by atoms with E-state index >= 15 is 0 Å². The Morgan fingerprint density at radius 1 is 0.917 bits per heavy atom. The van der Waals surface area contributed by atoms with E-state index in [1.54, 1.807) is 12.1 Å². The Morgan fingerprint density at radius 2 is 1.61 bits per heavy atom. The van der Waals surface area contributed by atoms with Crippen LogP contribution in [0.25, 0.3) is 22.3 Å². The molecule has 5 rings (SSSR count). The van der Waals surface area contributed by atoms with E-state index in [2.05, 4.69) is 34.3 Å². The number of likely N-dealkylation sites (N-methyl/N-ethyl adjacent to an activating group) is 1. The molecular weight excluding hydrogens is 450 g/mol. The van der Waals surface area contributed by atoms with Crippen molar-refractivity contribution in [3.8, 4) is 11.3 Å². The van der Waals surface area contributed by atoms with Crippen molar-refractivity contribution in [2.45, 2.75) is 20.4 Å². The summed E-state index contributed by atoms with van der Waals surface area (Å²) < 4.78 is 6.07. The van der Waals surface area contributed by atoms with Gasteiger partial charge in [0, 0.05) is 55.6 Å². The highest BCUT2D eigenvalue weighted by atomic mass is 16.3. The molecule has 3 aromatic carbocycles. The molecular formula is C30H31N3O3. The number of carbonyl (C=O) groups is 1. The van der Waals surface area contributed by atoms with Gasteiger partial charge in [0.2, 0.25) is 0 Å². The molecule has 1 N–H and O–H groups in total. The third-order valence-corrected chi connectivity index (χ3v) is 6.80. The van der Waals surface area contributed by atoms with Crippen LogP contribution in [0.15, 0.2) is 75.9 Å². The highest BCUT2D eigenvalue weighted by molar-refractivity contribution is 6.04. The van der Waals surface area contributed by atoms with Gasteiger partial charge in [0.05, 0.1) is 5.39 Å². The summed E-state index contributed by atoms with van der Waals surface area (Å²) in [5, 5.41) is 3.55. The van der Waals surface area contributed by atoms with Crippen LogP contribution in [0.2, 0.25) is 0 Å². The van der Waals surface area contributed by atoms with Crippen LogP contribution in [-0.4, -0.2) is 48.9 Å². The van der Waals surface area contributed by atoms with Gasteiger partial charge >= 0.3 is 0 Å². The molecule has 0 spiro atoms. The van der Waals surface area contributed by atoms with Gasteiger partial charge in [-0.1, -0.05) is 30.3 Å². The molecule has 0 atom stereocenters. The van der Waals surface area contributed by atoms with Gasteiger partial charge in [-0.2, -0.15) is 0 Å². The number of piperazine rings is 1. The lowest BCUT2D eigenvalue weighted by atomic mass is 10.1. The molecule has 184 valence electrons. The molecule has 0 saturated carbocycles. The van der Waals surface area contributed by atoms with Crippen LogP contribution in [0.1, 0.15) is 27.0 Å². The summed E-state index contributed by atoms with van der Waals surface area (Å²) in [6.45, 7) is 9.17. The summed E-state index contributed by atoms with van der Waals surface area (Å²) in [5.41, 5.74) is 5.77. The van der Waals surface area contributed by atoms with Gasteiger partial charge in [-0.3, -0.25) is 14.5 Å². The molecule has 0 unspecified atom stereocenters. The van der Waals surface area contributed by atoms with Gasteiger partial charge in [0.1, 0.15) is 11.3 Å². The molecule has 1 fully saturated rings. The lowest BCUT2D eigenvalue weighted by Gasteiger charge is -2.32. The zero-order valence-electron chi connectivity index (χ0n) is 21.0. The minimum atomic E-state index is -0.181. The average molecular weight is 482 g/mol. The van der Waals surface area contributed by atoms with Gasteiger partial charge in [0.15, 0.2) is 5.43 Å². The Balaban J connectivity index is 1.26. The third-order valence-electron chi connectivity index (χ3n) is 6.80. The summed E-state index contributed by atoms with van der Waals surface area (Å²) >= 11 is 0. The number of fused-ring (bicyclic) bond motifs is 1. The molecule has 0 aliphatic carbocycles. The predicted molar refractivity (Wildman–Crippen MR) is 145 cm³/mol. The Labute approximate surface area is 211 Å². The third kappa shape index (κ3) is 5.25. The number of rotatable bonds is 5. The van der Waals surface area contributed by atoms with Crippen molar-refractivity contribution in [1.82, 2.24) is 9.80 Å². The zero-order valence-corrected chi connectivity index (χ0v) is 21.0. The van der Waals surface area contributed by atoms with Crippen molar-refractivity contribution in [1.29, 1.82) is 0 Å². The summed E-state index contributed by atoms with van der Waals surface area (Å²) in [5.74, 6) is 0.307. The van der Waals surface area contributed by atoms with E-state index < -0.39 is 0 Å². The van der Waals surface area contributed by atoms with Crippen LogP contribution in [0, 0.1) is 13.8 Å². The average Bonchev–Trinajstić information content (AvgIpc) is 2.87. The Morgan fingerprint density at radius 3 is 2.31 bits per heavy atom. The van der Waals surface area contributed by atoms with Crippen molar-refractivity contribution in [3.63, 3.8) is 0 Å². The minimum Gasteiger partial charge on any atom is -0.456 e. The first-order chi connectivity index (χ1) is 17.4. The van der Waals surface area contributed by atoms with E-state index in [-0.39, 0.29) is 11.3 Å². The molecule has 1 aromatic heterocycles. The summed E-state index contributed by atoms with van der Waals surface area (Å²) in [7, 11) is 2.16. The summed E-state index contributed by atoms with van der Waals surface area (Å²) in [4.78, 5) is 30.3. The number of benzene rings is 3. The second-order valence-electron chi connectivity index (χ2n) is 9.74. The zero-order chi connectivity index (χ0) is 25.2.